The molecule has 0 aliphatic carbocycles. The number of carbonyl (C=O) groups excluding carboxylic acids is 2. The predicted octanol–water partition coefficient (Wildman–Crippen LogP) is -0.510. The zero-order valence-electron chi connectivity index (χ0n) is 4.93. The van der Waals surface area contributed by atoms with E-state index in [0.29, 0.717) is 0 Å². The van der Waals surface area contributed by atoms with E-state index in [4.69, 9.17) is 0 Å². The van der Waals surface area contributed by atoms with Crippen molar-refractivity contribution in [2.75, 3.05) is 6.61 Å². The average molecular weight is 140 g/mol. The van der Waals surface area contributed by atoms with Gasteiger partial charge in [0.2, 0.25) is 5.78 Å². The van der Waals surface area contributed by atoms with Crippen molar-refractivity contribution < 1.29 is 14.3 Å². The van der Waals surface area contributed by atoms with Crippen molar-refractivity contribution in [3.63, 3.8) is 0 Å². The molecule has 48 valence electrons. The van der Waals surface area contributed by atoms with Crippen LogP contribution in [0.1, 0.15) is 13.8 Å². The van der Waals surface area contributed by atoms with Gasteiger partial charge in [-0.2, -0.15) is 0 Å². The summed E-state index contributed by atoms with van der Waals surface area (Å²) in [5.41, 5.74) is 0. The van der Waals surface area contributed by atoms with Crippen LogP contribution in [0.4, 0.5) is 0 Å². The first-order chi connectivity index (χ1) is 3.68. The molecule has 0 bridgehead atoms. The second-order valence-corrected chi connectivity index (χ2v) is 1.28. The number of Topliss-reactive ketones (excluding diaryl/α,β-unsaturated/α-hetero) is 1. The Hall–Kier alpha value is 0.140. The van der Waals surface area contributed by atoms with Crippen LogP contribution < -0.4 is 0 Å². The fraction of sp³-hybridized carbons (Fsp3) is 0.600. The van der Waals surface area contributed by atoms with Crippen LogP contribution in [-0.2, 0) is 14.3 Å². The maximum absolute atomic E-state index is 10.2. The van der Waals surface area contributed by atoms with Crippen molar-refractivity contribution in [2.45, 2.75) is 13.8 Å². The molecule has 0 spiro atoms. The van der Waals surface area contributed by atoms with Crippen LogP contribution >= 0.6 is 0 Å². The van der Waals surface area contributed by atoms with Crippen LogP contribution in [0.2, 0.25) is 0 Å². The van der Waals surface area contributed by atoms with E-state index in [2.05, 4.69) is 4.74 Å². The SMILES string of the molecule is CCOC(=O)C(C)=O.[NaH]. The van der Waals surface area contributed by atoms with Gasteiger partial charge in [0.25, 0.3) is 0 Å². The van der Waals surface area contributed by atoms with Crippen molar-refractivity contribution >= 4 is 41.3 Å². The summed E-state index contributed by atoms with van der Waals surface area (Å²) >= 11 is 0. The van der Waals surface area contributed by atoms with E-state index in [0.717, 1.165) is 0 Å². The molecule has 0 saturated carbocycles. The van der Waals surface area contributed by atoms with Gasteiger partial charge < -0.3 is 4.74 Å². The molecule has 0 radical (unpaired) electrons. The van der Waals surface area contributed by atoms with E-state index in [1.165, 1.54) is 6.92 Å². The molecule has 4 heteroatoms. The Morgan fingerprint density at radius 3 is 2.00 bits per heavy atom. The van der Waals surface area contributed by atoms with Crippen LogP contribution in [0.25, 0.3) is 0 Å². The van der Waals surface area contributed by atoms with E-state index >= 15 is 0 Å². The van der Waals surface area contributed by atoms with Gasteiger partial charge in [0, 0.05) is 6.92 Å². The van der Waals surface area contributed by atoms with Crippen LogP contribution in [-0.4, -0.2) is 47.9 Å². The second-order valence-electron chi connectivity index (χ2n) is 1.28. The van der Waals surface area contributed by atoms with Gasteiger partial charge in [0.15, 0.2) is 0 Å². The van der Waals surface area contributed by atoms with Gasteiger partial charge in [-0.25, -0.2) is 4.79 Å². The molecular weight excluding hydrogens is 131 g/mol. The molecule has 0 aromatic heterocycles. The van der Waals surface area contributed by atoms with Crippen molar-refractivity contribution in [1.82, 2.24) is 0 Å². The third-order valence-corrected chi connectivity index (χ3v) is 0.563. The van der Waals surface area contributed by atoms with Crippen molar-refractivity contribution in [3.05, 3.63) is 0 Å². The molecule has 0 aromatic rings. The van der Waals surface area contributed by atoms with Crippen LogP contribution in [0.5, 0.6) is 0 Å². The second kappa shape index (κ2) is 6.26. The number of carbonyl (C=O) groups is 2. The quantitative estimate of drug-likeness (QED) is 0.295. The molecule has 0 heterocycles. The summed E-state index contributed by atoms with van der Waals surface area (Å²) in [6.45, 7) is 3.09. The summed E-state index contributed by atoms with van der Waals surface area (Å²) in [5, 5.41) is 0. The number of rotatable bonds is 2. The number of ketones is 1. The van der Waals surface area contributed by atoms with E-state index in [1.54, 1.807) is 6.92 Å². The number of hydrogen-bond donors (Lipinski definition) is 0. The first kappa shape index (κ1) is 11.9. The Morgan fingerprint density at radius 2 is 1.89 bits per heavy atom. The number of hydrogen-bond acceptors (Lipinski definition) is 3. The molecule has 0 N–H and O–H groups in total. The monoisotopic (exact) mass is 140 g/mol. The molecule has 0 amide bonds. The van der Waals surface area contributed by atoms with Gasteiger partial charge in [-0.15, -0.1) is 0 Å². The summed E-state index contributed by atoms with van der Waals surface area (Å²) in [6.07, 6.45) is 0. The molecule has 0 aromatic carbocycles. The summed E-state index contributed by atoms with van der Waals surface area (Å²) in [6, 6.07) is 0. The molecule has 0 atom stereocenters. The summed E-state index contributed by atoms with van der Waals surface area (Å²) in [5.74, 6) is -1.31. The standard InChI is InChI=1S/C5H8O3.Na.H/c1-3-8-5(7)4(2)6;;/h3H2,1-2H3;;. The van der Waals surface area contributed by atoms with E-state index in [-0.39, 0.29) is 36.2 Å². The van der Waals surface area contributed by atoms with Gasteiger partial charge in [-0.1, -0.05) is 0 Å². The third kappa shape index (κ3) is 6.02. The Labute approximate surface area is 76.0 Å². The van der Waals surface area contributed by atoms with Crippen molar-refractivity contribution in [2.24, 2.45) is 0 Å². The minimum atomic E-state index is -0.757. The summed E-state index contributed by atoms with van der Waals surface area (Å²) < 4.78 is 4.31. The van der Waals surface area contributed by atoms with Crippen LogP contribution in [0.15, 0.2) is 0 Å². The normalized spacial score (nSPS) is 7.33. The molecule has 0 aliphatic rings. The average Bonchev–Trinajstić information content (AvgIpc) is 1.67. The van der Waals surface area contributed by atoms with Gasteiger partial charge in [-0.3, -0.25) is 4.79 Å². The van der Waals surface area contributed by atoms with Crippen molar-refractivity contribution in [3.8, 4) is 0 Å². The predicted molar refractivity (Wildman–Crippen MR) is 34.5 cm³/mol. The molecule has 3 nitrogen and oxygen atoms in total. The fourth-order valence-electron chi connectivity index (χ4n) is 0.233. The molecule has 0 fully saturated rings. The fourth-order valence-corrected chi connectivity index (χ4v) is 0.233. The Morgan fingerprint density at radius 1 is 1.44 bits per heavy atom. The van der Waals surface area contributed by atoms with E-state index in [1.807, 2.05) is 0 Å². The topological polar surface area (TPSA) is 43.4 Å². The molecule has 9 heavy (non-hydrogen) atoms. The first-order valence-electron chi connectivity index (χ1n) is 2.36. The van der Waals surface area contributed by atoms with Crippen LogP contribution in [0, 0.1) is 0 Å². The molecule has 0 unspecified atom stereocenters. The maximum atomic E-state index is 10.2. The molecule has 0 rings (SSSR count). The first-order valence-corrected chi connectivity index (χ1v) is 2.36. The number of ether oxygens (including phenoxy) is 1. The zero-order valence-corrected chi connectivity index (χ0v) is 4.93. The summed E-state index contributed by atoms with van der Waals surface area (Å²) in [4.78, 5) is 20.2. The summed E-state index contributed by atoms with van der Waals surface area (Å²) in [7, 11) is 0. The van der Waals surface area contributed by atoms with Gasteiger partial charge in [-0.05, 0) is 6.92 Å². The van der Waals surface area contributed by atoms with E-state index in [9.17, 15) is 9.59 Å². The van der Waals surface area contributed by atoms with E-state index < -0.39 is 11.8 Å². The third-order valence-electron chi connectivity index (χ3n) is 0.563. The van der Waals surface area contributed by atoms with Gasteiger partial charge >= 0.3 is 35.5 Å². The molecule has 0 aliphatic heterocycles. The van der Waals surface area contributed by atoms with Crippen LogP contribution in [0.3, 0.4) is 0 Å². The minimum absolute atomic E-state index is 0. The zero-order chi connectivity index (χ0) is 6.57. The van der Waals surface area contributed by atoms with Gasteiger partial charge in [0.1, 0.15) is 0 Å². The number of esters is 1. The molecule has 0 saturated heterocycles. The Balaban J connectivity index is 0. The molecular formula is C5H9NaO3. The Bertz CT molecular complexity index is 111. The van der Waals surface area contributed by atoms with Crippen molar-refractivity contribution in [1.29, 1.82) is 0 Å². The van der Waals surface area contributed by atoms with Gasteiger partial charge in [0.05, 0.1) is 6.61 Å². The Kier molecular flexibility index (Phi) is 8.27.